The van der Waals surface area contributed by atoms with Gasteiger partial charge in [-0.3, -0.25) is 10.1 Å². The summed E-state index contributed by atoms with van der Waals surface area (Å²) >= 11 is 2.97. The van der Waals surface area contributed by atoms with Gasteiger partial charge in [-0.05, 0) is 12.2 Å². The molecule has 3 N–H and O–H groups in total. The van der Waals surface area contributed by atoms with Crippen molar-refractivity contribution < 1.29 is 4.79 Å². The molecule has 0 radical (unpaired) electrons. The van der Waals surface area contributed by atoms with Crippen LogP contribution in [0, 0.1) is 0 Å². The van der Waals surface area contributed by atoms with Crippen molar-refractivity contribution in [1.82, 2.24) is 10.2 Å². The molecule has 1 heterocycles. The minimum absolute atomic E-state index is 0.207. The van der Waals surface area contributed by atoms with Gasteiger partial charge in [0.2, 0.25) is 11.0 Å². The number of hydrogen-bond donors (Lipinski definition) is 2. The number of nitrogens with zero attached hydrogens (tertiary/aromatic N) is 2. The number of amides is 1. The van der Waals surface area contributed by atoms with Crippen molar-refractivity contribution in [3.8, 4) is 0 Å². The van der Waals surface area contributed by atoms with Crippen molar-refractivity contribution in [2.24, 2.45) is 5.73 Å². The maximum absolute atomic E-state index is 11.4. The van der Waals surface area contributed by atoms with Crippen LogP contribution in [-0.4, -0.2) is 27.9 Å². The van der Waals surface area contributed by atoms with E-state index in [2.05, 4.69) is 15.5 Å². The Morgan fingerprint density at radius 1 is 1.60 bits per heavy atom. The van der Waals surface area contributed by atoms with E-state index in [0.29, 0.717) is 11.6 Å². The molecule has 5 nitrogen and oxygen atoms in total. The van der Waals surface area contributed by atoms with Crippen molar-refractivity contribution in [2.75, 3.05) is 11.1 Å². The molecule has 7 heteroatoms. The van der Waals surface area contributed by atoms with E-state index < -0.39 is 6.04 Å². The van der Waals surface area contributed by atoms with E-state index in [-0.39, 0.29) is 5.91 Å². The minimum Gasteiger partial charge on any atom is -0.320 e. The van der Waals surface area contributed by atoms with E-state index in [4.69, 9.17) is 5.73 Å². The fraction of sp³-hybridized carbons (Fsp3) is 0.625. The fourth-order valence-corrected chi connectivity index (χ4v) is 2.48. The first kappa shape index (κ1) is 12.4. The van der Waals surface area contributed by atoms with Crippen LogP contribution in [0.2, 0.25) is 0 Å². The number of thioether (sulfide) groups is 1. The molecule has 1 rings (SSSR count). The van der Waals surface area contributed by atoms with E-state index in [1.54, 1.807) is 11.8 Å². The lowest BCUT2D eigenvalue weighted by Gasteiger charge is -2.06. The Balaban J connectivity index is 2.53. The van der Waals surface area contributed by atoms with Crippen LogP contribution >= 0.6 is 23.1 Å². The summed E-state index contributed by atoms with van der Waals surface area (Å²) in [4.78, 5) is 11.4. The van der Waals surface area contributed by atoms with Gasteiger partial charge in [-0.15, -0.1) is 10.2 Å². The summed E-state index contributed by atoms with van der Waals surface area (Å²) in [5.74, 6) is 0.735. The predicted octanol–water partition coefficient (Wildman–Crippen LogP) is 1.33. The molecule has 84 valence electrons. The van der Waals surface area contributed by atoms with Gasteiger partial charge in [0, 0.05) is 0 Å². The summed E-state index contributed by atoms with van der Waals surface area (Å²) in [5, 5.41) is 10.9. The van der Waals surface area contributed by atoms with Crippen LogP contribution in [0.4, 0.5) is 5.13 Å². The maximum atomic E-state index is 11.4. The molecule has 0 unspecified atom stereocenters. The Kier molecular flexibility index (Phi) is 5.00. The summed E-state index contributed by atoms with van der Waals surface area (Å²) in [6.07, 6.45) is 0.612. The number of nitrogens with one attached hydrogen (secondary N) is 1. The van der Waals surface area contributed by atoms with Crippen molar-refractivity contribution in [1.29, 1.82) is 0 Å². The van der Waals surface area contributed by atoms with Gasteiger partial charge in [-0.1, -0.05) is 36.9 Å². The van der Waals surface area contributed by atoms with Crippen LogP contribution in [0.5, 0.6) is 0 Å². The number of nitrogens with two attached hydrogens (primary N) is 1. The lowest BCUT2D eigenvalue weighted by molar-refractivity contribution is -0.117. The fourth-order valence-electron chi connectivity index (χ4n) is 0.826. The second-order valence-corrected chi connectivity index (χ2v) is 5.30. The highest BCUT2D eigenvalue weighted by Gasteiger charge is 2.13. The summed E-state index contributed by atoms with van der Waals surface area (Å²) in [7, 11) is 0. The number of anilines is 1. The largest absolute Gasteiger partial charge is 0.320 e. The molecule has 0 saturated heterocycles. The molecule has 1 aromatic rings. The third kappa shape index (κ3) is 3.77. The zero-order valence-corrected chi connectivity index (χ0v) is 10.3. The Morgan fingerprint density at radius 2 is 2.33 bits per heavy atom. The standard InChI is InChI=1S/C8H14N4OS2/c1-3-5(9)6(13)10-7-11-12-8(15-7)14-4-2/h5H,3-4,9H2,1-2H3,(H,10,11,13)/t5-/m0/s1. The normalized spacial score (nSPS) is 12.5. The van der Waals surface area contributed by atoms with Crippen molar-refractivity contribution in [2.45, 2.75) is 30.6 Å². The molecule has 1 aromatic heterocycles. The average molecular weight is 246 g/mol. The van der Waals surface area contributed by atoms with E-state index in [0.717, 1.165) is 10.1 Å². The van der Waals surface area contributed by atoms with Gasteiger partial charge >= 0.3 is 0 Å². The highest BCUT2D eigenvalue weighted by molar-refractivity contribution is 8.01. The van der Waals surface area contributed by atoms with Gasteiger partial charge < -0.3 is 5.73 Å². The molecule has 0 fully saturated rings. The molecule has 1 amide bonds. The summed E-state index contributed by atoms with van der Waals surface area (Å²) in [5.41, 5.74) is 5.57. The second kappa shape index (κ2) is 6.04. The average Bonchev–Trinajstić information content (AvgIpc) is 2.65. The van der Waals surface area contributed by atoms with Gasteiger partial charge in [-0.2, -0.15) is 0 Å². The lowest BCUT2D eigenvalue weighted by Crippen LogP contribution is -2.34. The molecular weight excluding hydrogens is 232 g/mol. The molecule has 0 aromatic carbocycles. The lowest BCUT2D eigenvalue weighted by atomic mass is 10.2. The first-order valence-corrected chi connectivity index (χ1v) is 6.50. The van der Waals surface area contributed by atoms with Gasteiger partial charge in [-0.25, -0.2) is 0 Å². The van der Waals surface area contributed by atoms with Crippen LogP contribution in [0.25, 0.3) is 0 Å². The van der Waals surface area contributed by atoms with Gasteiger partial charge in [0.15, 0.2) is 4.34 Å². The molecular formula is C8H14N4OS2. The molecule has 0 saturated carbocycles. The van der Waals surface area contributed by atoms with Crippen LogP contribution in [-0.2, 0) is 4.79 Å². The monoisotopic (exact) mass is 246 g/mol. The molecule has 0 aliphatic carbocycles. The number of carbonyl (C=O) groups excluding carboxylic acids is 1. The van der Waals surface area contributed by atoms with E-state index >= 15 is 0 Å². The zero-order chi connectivity index (χ0) is 11.3. The van der Waals surface area contributed by atoms with Crippen molar-refractivity contribution >= 4 is 34.1 Å². The number of aromatic nitrogens is 2. The molecule has 0 aliphatic rings. The van der Waals surface area contributed by atoms with E-state index in [1.807, 2.05) is 13.8 Å². The Bertz CT molecular complexity index is 328. The second-order valence-electron chi connectivity index (χ2n) is 2.81. The molecule has 0 spiro atoms. The third-order valence-electron chi connectivity index (χ3n) is 1.68. The molecule has 1 atom stereocenters. The molecule has 0 aliphatic heterocycles. The van der Waals surface area contributed by atoms with Gasteiger partial charge in [0.25, 0.3) is 0 Å². The van der Waals surface area contributed by atoms with E-state index in [9.17, 15) is 4.79 Å². The summed E-state index contributed by atoms with van der Waals surface area (Å²) in [6, 6.07) is -0.476. The number of hydrogen-bond acceptors (Lipinski definition) is 6. The summed E-state index contributed by atoms with van der Waals surface area (Å²) in [6.45, 7) is 3.90. The van der Waals surface area contributed by atoms with Crippen LogP contribution in [0.3, 0.4) is 0 Å². The molecule has 0 bridgehead atoms. The van der Waals surface area contributed by atoms with E-state index in [1.165, 1.54) is 11.3 Å². The summed E-state index contributed by atoms with van der Waals surface area (Å²) < 4.78 is 0.859. The quantitative estimate of drug-likeness (QED) is 0.605. The maximum Gasteiger partial charge on any atom is 0.243 e. The van der Waals surface area contributed by atoms with Crippen LogP contribution < -0.4 is 11.1 Å². The topological polar surface area (TPSA) is 80.9 Å². The Labute approximate surface area is 96.8 Å². The number of rotatable bonds is 5. The number of carbonyl (C=O) groups is 1. The SMILES string of the molecule is CCSc1nnc(NC(=O)[C@@H](N)CC)s1. The van der Waals surface area contributed by atoms with Gasteiger partial charge in [0.05, 0.1) is 6.04 Å². The first-order valence-electron chi connectivity index (χ1n) is 4.70. The third-order valence-corrected chi connectivity index (χ3v) is 3.54. The highest BCUT2D eigenvalue weighted by Crippen LogP contribution is 2.24. The van der Waals surface area contributed by atoms with Crippen molar-refractivity contribution in [3.63, 3.8) is 0 Å². The van der Waals surface area contributed by atoms with Gasteiger partial charge in [0.1, 0.15) is 0 Å². The minimum atomic E-state index is -0.476. The highest BCUT2D eigenvalue weighted by atomic mass is 32.2. The molecule has 15 heavy (non-hydrogen) atoms. The van der Waals surface area contributed by atoms with Crippen LogP contribution in [0.15, 0.2) is 4.34 Å². The smallest absolute Gasteiger partial charge is 0.243 e. The predicted molar refractivity (Wildman–Crippen MR) is 63.2 cm³/mol. The first-order chi connectivity index (χ1) is 7.17. The Morgan fingerprint density at radius 3 is 2.93 bits per heavy atom. The Hall–Kier alpha value is -0.660. The van der Waals surface area contributed by atoms with Crippen molar-refractivity contribution in [3.05, 3.63) is 0 Å². The van der Waals surface area contributed by atoms with Crippen LogP contribution in [0.1, 0.15) is 20.3 Å². The zero-order valence-electron chi connectivity index (χ0n) is 8.69.